The normalized spacial score (nSPS) is 10.8. The summed E-state index contributed by atoms with van der Waals surface area (Å²) in [6.45, 7) is 7.18. The molecular weight excluding hydrogens is 499 g/mol. The second kappa shape index (κ2) is 10.1. The Hall–Kier alpha value is -2.07. The summed E-state index contributed by atoms with van der Waals surface area (Å²) < 4.78 is 9.07. The number of aromatic nitrogens is 3. The fourth-order valence-electron chi connectivity index (χ4n) is 2.73. The summed E-state index contributed by atoms with van der Waals surface area (Å²) in [6, 6.07) is 13.7. The van der Waals surface area contributed by atoms with Crippen LogP contribution in [0.5, 0.6) is 5.75 Å². The summed E-state index contributed by atoms with van der Waals surface area (Å²) in [5, 5.41) is 12.1. The number of aryl methyl sites for hydroxylation is 1. The Bertz CT molecular complexity index is 989. The predicted octanol–water partition coefficient (Wildman–Crippen LogP) is 4.83. The number of carbonyl (C=O) groups excluding carboxylic acids is 1. The van der Waals surface area contributed by atoms with Gasteiger partial charge in [-0.1, -0.05) is 23.9 Å². The molecule has 6 nitrogen and oxygen atoms in total. The van der Waals surface area contributed by atoms with Gasteiger partial charge in [-0.3, -0.25) is 4.79 Å². The molecule has 0 radical (unpaired) electrons. The quantitative estimate of drug-likeness (QED) is 0.339. The first-order valence-corrected chi connectivity index (χ1v) is 11.3. The van der Waals surface area contributed by atoms with Crippen molar-refractivity contribution in [1.82, 2.24) is 14.8 Å². The number of nitrogens with one attached hydrogen (secondary N) is 1. The number of ether oxygens (including phenoxy) is 1. The number of hydrogen-bond donors (Lipinski definition) is 1. The minimum atomic E-state index is -0.0740. The van der Waals surface area contributed by atoms with E-state index in [0.717, 1.165) is 26.4 Å². The van der Waals surface area contributed by atoms with E-state index in [0.29, 0.717) is 18.3 Å². The van der Waals surface area contributed by atoms with Crippen molar-refractivity contribution in [2.24, 2.45) is 0 Å². The van der Waals surface area contributed by atoms with Crippen LogP contribution in [-0.2, 0) is 17.9 Å². The molecule has 29 heavy (non-hydrogen) atoms. The van der Waals surface area contributed by atoms with Crippen molar-refractivity contribution < 1.29 is 9.53 Å². The molecule has 8 heteroatoms. The van der Waals surface area contributed by atoms with Crippen molar-refractivity contribution in [3.8, 4) is 5.75 Å². The van der Waals surface area contributed by atoms with Crippen molar-refractivity contribution >= 4 is 45.9 Å². The van der Waals surface area contributed by atoms with E-state index in [1.54, 1.807) is 0 Å². The van der Waals surface area contributed by atoms with Crippen LogP contribution in [0, 0.1) is 17.4 Å². The summed E-state index contributed by atoms with van der Waals surface area (Å²) in [4.78, 5) is 12.2. The van der Waals surface area contributed by atoms with Crippen LogP contribution < -0.4 is 10.1 Å². The van der Waals surface area contributed by atoms with Crippen LogP contribution in [0.3, 0.4) is 0 Å². The molecule has 0 aliphatic rings. The summed E-state index contributed by atoms with van der Waals surface area (Å²) in [5.41, 5.74) is 3.10. The number of anilines is 1. The van der Waals surface area contributed by atoms with Crippen LogP contribution in [0.4, 0.5) is 5.69 Å². The lowest BCUT2D eigenvalue weighted by molar-refractivity contribution is -0.113. The number of thioether (sulfide) groups is 1. The van der Waals surface area contributed by atoms with Gasteiger partial charge < -0.3 is 14.6 Å². The molecule has 1 aromatic heterocycles. The largest absolute Gasteiger partial charge is 0.485 e. The molecule has 152 valence electrons. The lowest BCUT2D eigenvalue weighted by Crippen LogP contribution is -2.15. The number of hydrogen-bond acceptors (Lipinski definition) is 5. The first kappa shape index (κ1) is 21.6. The van der Waals surface area contributed by atoms with Gasteiger partial charge in [0, 0.05) is 15.8 Å². The zero-order valence-electron chi connectivity index (χ0n) is 16.6. The SMILES string of the molecule is CCn1c(COc2cccc(C)c2C)nnc1SCC(=O)Nc1ccc(I)cc1. The second-order valence-electron chi connectivity index (χ2n) is 6.47. The van der Waals surface area contributed by atoms with Gasteiger partial charge in [-0.15, -0.1) is 10.2 Å². The van der Waals surface area contributed by atoms with Gasteiger partial charge in [-0.2, -0.15) is 0 Å². The van der Waals surface area contributed by atoms with E-state index in [2.05, 4.69) is 51.1 Å². The molecule has 1 heterocycles. The standard InChI is InChI=1S/C21H23IN4O2S/c1-4-26-19(12-28-18-7-5-6-14(2)15(18)3)24-25-21(26)29-13-20(27)23-17-10-8-16(22)9-11-17/h5-11H,4,12-13H2,1-3H3,(H,23,27). The first-order chi connectivity index (χ1) is 14.0. The Kier molecular flexibility index (Phi) is 7.54. The van der Waals surface area contributed by atoms with Gasteiger partial charge >= 0.3 is 0 Å². The average molecular weight is 522 g/mol. The monoisotopic (exact) mass is 522 g/mol. The van der Waals surface area contributed by atoms with E-state index < -0.39 is 0 Å². The van der Waals surface area contributed by atoms with Gasteiger partial charge in [-0.25, -0.2) is 0 Å². The molecule has 2 aromatic carbocycles. The Morgan fingerprint density at radius 1 is 1.17 bits per heavy atom. The molecule has 0 unspecified atom stereocenters. The van der Waals surface area contributed by atoms with Crippen LogP contribution in [0.15, 0.2) is 47.6 Å². The second-order valence-corrected chi connectivity index (χ2v) is 8.66. The predicted molar refractivity (Wildman–Crippen MR) is 124 cm³/mol. The van der Waals surface area contributed by atoms with E-state index in [4.69, 9.17) is 4.74 Å². The minimum absolute atomic E-state index is 0.0740. The molecule has 0 fully saturated rings. The molecule has 1 N–H and O–H groups in total. The Morgan fingerprint density at radius 2 is 1.93 bits per heavy atom. The molecule has 0 aliphatic carbocycles. The highest BCUT2D eigenvalue weighted by molar-refractivity contribution is 14.1. The third-order valence-electron chi connectivity index (χ3n) is 4.48. The zero-order chi connectivity index (χ0) is 20.8. The van der Waals surface area contributed by atoms with Crippen LogP contribution in [0.2, 0.25) is 0 Å². The number of nitrogens with zero attached hydrogens (tertiary/aromatic N) is 3. The number of halogens is 1. The maximum absolute atomic E-state index is 12.2. The Labute approximate surface area is 188 Å². The molecule has 0 saturated heterocycles. The van der Waals surface area contributed by atoms with Crippen molar-refractivity contribution in [3.05, 3.63) is 63.0 Å². The lowest BCUT2D eigenvalue weighted by Gasteiger charge is -2.11. The first-order valence-electron chi connectivity index (χ1n) is 9.27. The molecule has 0 bridgehead atoms. The van der Waals surface area contributed by atoms with Gasteiger partial charge in [0.05, 0.1) is 5.75 Å². The van der Waals surface area contributed by atoms with Gasteiger partial charge in [-0.05, 0) is 84.8 Å². The van der Waals surface area contributed by atoms with Crippen molar-refractivity contribution in [1.29, 1.82) is 0 Å². The molecular formula is C21H23IN4O2S. The topological polar surface area (TPSA) is 69.0 Å². The van der Waals surface area contributed by atoms with Crippen LogP contribution >= 0.6 is 34.4 Å². The number of amides is 1. The summed E-state index contributed by atoms with van der Waals surface area (Å²) >= 11 is 3.60. The highest BCUT2D eigenvalue weighted by atomic mass is 127. The van der Waals surface area contributed by atoms with Gasteiger partial charge in [0.1, 0.15) is 12.4 Å². The third-order valence-corrected chi connectivity index (χ3v) is 6.17. The van der Waals surface area contributed by atoms with Gasteiger partial charge in [0.15, 0.2) is 11.0 Å². The number of rotatable bonds is 8. The fourth-order valence-corrected chi connectivity index (χ4v) is 3.91. The minimum Gasteiger partial charge on any atom is -0.485 e. The molecule has 3 rings (SSSR count). The summed E-state index contributed by atoms with van der Waals surface area (Å²) in [6.07, 6.45) is 0. The van der Waals surface area contributed by atoms with E-state index in [1.807, 2.05) is 54.8 Å². The molecule has 0 atom stereocenters. The zero-order valence-corrected chi connectivity index (χ0v) is 19.6. The van der Waals surface area contributed by atoms with E-state index >= 15 is 0 Å². The van der Waals surface area contributed by atoms with Crippen molar-refractivity contribution in [2.75, 3.05) is 11.1 Å². The third kappa shape index (κ3) is 5.72. The maximum atomic E-state index is 12.2. The molecule has 0 aliphatic heterocycles. The molecule has 3 aromatic rings. The lowest BCUT2D eigenvalue weighted by atomic mass is 10.1. The summed E-state index contributed by atoms with van der Waals surface area (Å²) in [7, 11) is 0. The highest BCUT2D eigenvalue weighted by Crippen LogP contribution is 2.23. The number of benzene rings is 2. The smallest absolute Gasteiger partial charge is 0.234 e. The van der Waals surface area contributed by atoms with Crippen molar-refractivity contribution in [2.45, 2.75) is 39.1 Å². The summed E-state index contributed by atoms with van der Waals surface area (Å²) in [5.74, 6) is 1.79. The Morgan fingerprint density at radius 3 is 2.66 bits per heavy atom. The van der Waals surface area contributed by atoms with E-state index in [1.165, 1.54) is 17.3 Å². The van der Waals surface area contributed by atoms with Crippen LogP contribution in [0.1, 0.15) is 23.9 Å². The van der Waals surface area contributed by atoms with E-state index in [-0.39, 0.29) is 11.7 Å². The van der Waals surface area contributed by atoms with Crippen molar-refractivity contribution in [3.63, 3.8) is 0 Å². The average Bonchev–Trinajstić information content (AvgIpc) is 3.11. The fraction of sp³-hybridized carbons (Fsp3) is 0.286. The molecule has 0 saturated carbocycles. The van der Waals surface area contributed by atoms with E-state index in [9.17, 15) is 4.79 Å². The van der Waals surface area contributed by atoms with Gasteiger partial charge in [0.2, 0.25) is 5.91 Å². The molecule has 1 amide bonds. The maximum Gasteiger partial charge on any atom is 0.234 e. The van der Waals surface area contributed by atoms with Gasteiger partial charge in [0.25, 0.3) is 0 Å². The number of carbonyl (C=O) groups is 1. The molecule has 0 spiro atoms. The van der Waals surface area contributed by atoms with Crippen LogP contribution in [0.25, 0.3) is 0 Å². The van der Waals surface area contributed by atoms with Crippen LogP contribution in [-0.4, -0.2) is 26.4 Å². The highest BCUT2D eigenvalue weighted by Gasteiger charge is 2.14. The Balaban J connectivity index is 1.59.